The lowest BCUT2D eigenvalue weighted by Gasteiger charge is -2.25. The van der Waals surface area contributed by atoms with Crippen molar-refractivity contribution >= 4 is 11.7 Å². The summed E-state index contributed by atoms with van der Waals surface area (Å²) >= 11 is 0. The molecule has 3 heterocycles. The zero-order valence-electron chi connectivity index (χ0n) is 15.4. The van der Waals surface area contributed by atoms with Crippen LogP contribution in [0.15, 0.2) is 30.7 Å². The maximum absolute atomic E-state index is 12.9. The second kappa shape index (κ2) is 7.68. The van der Waals surface area contributed by atoms with Crippen molar-refractivity contribution in [1.29, 1.82) is 0 Å². The fourth-order valence-electron chi connectivity index (χ4n) is 3.49. The van der Waals surface area contributed by atoms with Crippen LogP contribution in [-0.2, 0) is 6.54 Å². The van der Waals surface area contributed by atoms with E-state index in [1.807, 2.05) is 41.0 Å². The van der Waals surface area contributed by atoms with Crippen molar-refractivity contribution in [2.75, 3.05) is 24.5 Å². The molecule has 0 unspecified atom stereocenters. The molecule has 2 aromatic rings. The van der Waals surface area contributed by atoms with E-state index in [4.69, 9.17) is 0 Å². The van der Waals surface area contributed by atoms with Gasteiger partial charge in [-0.2, -0.15) is 5.10 Å². The second-order valence-electron chi connectivity index (χ2n) is 6.61. The topological polar surface area (TPSA) is 54.3 Å². The number of pyridine rings is 1. The molecule has 0 aliphatic carbocycles. The van der Waals surface area contributed by atoms with E-state index in [-0.39, 0.29) is 11.9 Å². The van der Waals surface area contributed by atoms with Crippen LogP contribution in [-0.4, -0.2) is 51.2 Å². The van der Waals surface area contributed by atoms with Gasteiger partial charge in [-0.15, -0.1) is 0 Å². The predicted molar refractivity (Wildman–Crippen MR) is 98.8 cm³/mol. The Kier molecular flexibility index (Phi) is 5.36. The Morgan fingerprint density at radius 2 is 2.08 bits per heavy atom. The fourth-order valence-corrected chi connectivity index (χ4v) is 3.49. The highest BCUT2D eigenvalue weighted by Gasteiger charge is 2.30. The van der Waals surface area contributed by atoms with Crippen molar-refractivity contribution < 1.29 is 4.79 Å². The van der Waals surface area contributed by atoms with Crippen molar-refractivity contribution in [3.05, 3.63) is 41.9 Å². The van der Waals surface area contributed by atoms with Crippen LogP contribution in [0.1, 0.15) is 42.6 Å². The molecule has 0 radical (unpaired) electrons. The average molecular weight is 341 g/mol. The van der Waals surface area contributed by atoms with E-state index in [2.05, 4.69) is 28.8 Å². The largest absolute Gasteiger partial charge is 0.357 e. The summed E-state index contributed by atoms with van der Waals surface area (Å²) in [5.41, 5.74) is 1.81. The van der Waals surface area contributed by atoms with Gasteiger partial charge in [-0.1, -0.05) is 0 Å². The first-order valence-electron chi connectivity index (χ1n) is 9.13. The zero-order valence-corrected chi connectivity index (χ0v) is 15.4. The van der Waals surface area contributed by atoms with Crippen LogP contribution < -0.4 is 4.90 Å². The molecule has 1 fully saturated rings. The standard InChI is InChI=1S/C19H27N5O/c1-4-22(5-2)18-9-8-16(12-20-18)19(25)24-10-6-7-17(24)14-23-13-15(3)11-21-23/h8-9,11-13,17H,4-7,10,14H2,1-3H3/t17-/m1/s1. The van der Waals surface area contributed by atoms with Crippen molar-refractivity contribution in [2.24, 2.45) is 0 Å². The van der Waals surface area contributed by atoms with E-state index in [0.717, 1.165) is 50.4 Å². The highest BCUT2D eigenvalue weighted by atomic mass is 16.2. The lowest BCUT2D eigenvalue weighted by Crippen LogP contribution is -2.38. The van der Waals surface area contributed by atoms with E-state index in [1.54, 1.807) is 6.20 Å². The minimum absolute atomic E-state index is 0.0741. The molecular weight excluding hydrogens is 314 g/mol. The Hall–Kier alpha value is -2.37. The number of aromatic nitrogens is 3. The third-order valence-corrected chi connectivity index (χ3v) is 4.88. The van der Waals surface area contributed by atoms with Gasteiger partial charge in [0.15, 0.2) is 0 Å². The molecule has 1 aliphatic rings. The van der Waals surface area contributed by atoms with Gasteiger partial charge in [0.25, 0.3) is 5.91 Å². The maximum atomic E-state index is 12.9. The van der Waals surface area contributed by atoms with E-state index in [9.17, 15) is 4.79 Å². The summed E-state index contributed by atoms with van der Waals surface area (Å²) in [6, 6.07) is 4.05. The van der Waals surface area contributed by atoms with Crippen LogP contribution in [0.2, 0.25) is 0 Å². The smallest absolute Gasteiger partial charge is 0.255 e. The van der Waals surface area contributed by atoms with Crippen molar-refractivity contribution in [1.82, 2.24) is 19.7 Å². The monoisotopic (exact) mass is 341 g/mol. The minimum atomic E-state index is 0.0741. The van der Waals surface area contributed by atoms with Crippen LogP contribution in [0, 0.1) is 6.92 Å². The number of anilines is 1. The predicted octanol–water partition coefficient (Wildman–Crippen LogP) is 2.74. The normalized spacial score (nSPS) is 17.1. The molecule has 0 saturated carbocycles. The summed E-state index contributed by atoms with van der Waals surface area (Å²) in [7, 11) is 0. The molecule has 25 heavy (non-hydrogen) atoms. The summed E-state index contributed by atoms with van der Waals surface area (Å²) in [5, 5.41) is 4.36. The van der Waals surface area contributed by atoms with Crippen molar-refractivity contribution in [2.45, 2.75) is 46.2 Å². The molecule has 1 saturated heterocycles. The summed E-state index contributed by atoms with van der Waals surface area (Å²) in [6.45, 7) is 9.63. The number of rotatable bonds is 6. The van der Waals surface area contributed by atoms with E-state index >= 15 is 0 Å². The number of carbonyl (C=O) groups is 1. The summed E-state index contributed by atoms with van der Waals surface area (Å²) in [6.07, 6.45) is 7.67. The summed E-state index contributed by atoms with van der Waals surface area (Å²) in [5.74, 6) is 0.997. The molecule has 6 heteroatoms. The number of nitrogens with zero attached hydrogens (tertiary/aromatic N) is 5. The summed E-state index contributed by atoms with van der Waals surface area (Å²) in [4.78, 5) is 21.6. The molecular formula is C19H27N5O. The third kappa shape index (κ3) is 3.83. The first-order valence-corrected chi connectivity index (χ1v) is 9.13. The van der Waals surface area contributed by atoms with Crippen LogP contribution in [0.5, 0.6) is 0 Å². The van der Waals surface area contributed by atoms with Gasteiger partial charge < -0.3 is 9.80 Å². The van der Waals surface area contributed by atoms with Gasteiger partial charge in [0.05, 0.1) is 24.3 Å². The van der Waals surface area contributed by atoms with Crippen LogP contribution in [0.25, 0.3) is 0 Å². The van der Waals surface area contributed by atoms with Crippen molar-refractivity contribution in [3.8, 4) is 0 Å². The molecule has 3 rings (SSSR count). The van der Waals surface area contributed by atoms with Crippen LogP contribution in [0.4, 0.5) is 5.82 Å². The molecule has 134 valence electrons. The van der Waals surface area contributed by atoms with E-state index in [0.29, 0.717) is 5.56 Å². The Labute approximate surface area is 149 Å². The minimum Gasteiger partial charge on any atom is -0.357 e. The number of aryl methyl sites for hydroxylation is 1. The second-order valence-corrected chi connectivity index (χ2v) is 6.61. The summed E-state index contributed by atoms with van der Waals surface area (Å²) < 4.78 is 1.94. The van der Waals surface area contributed by atoms with Gasteiger partial charge in [0.2, 0.25) is 0 Å². The number of carbonyl (C=O) groups excluding carboxylic acids is 1. The third-order valence-electron chi connectivity index (χ3n) is 4.88. The fraction of sp³-hybridized carbons (Fsp3) is 0.526. The van der Waals surface area contributed by atoms with Crippen LogP contribution in [0.3, 0.4) is 0 Å². The van der Waals surface area contributed by atoms with Crippen LogP contribution >= 0.6 is 0 Å². The molecule has 1 amide bonds. The Morgan fingerprint density at radius 3 is 2.68 bits per heavy atom. The molecule has 1 atom stereocenters. The lowest BCUT2D eigenvalue weighted by atomic mass is 10.2. The van der Waals surface area contributed by atoms with Gasteiger partial charge >= 0.3 is 0 Å². The average Bonchev–Trinajstić information content (AvgIpc) is 3.25. The Bertz CT molecular complexity index is 705. The van der Waals surface area contributed by atoms with Crippen molar-refractivity contribution in [3.63, 3.8) is 0 Å². The molecule has 0 aromatic carbocycles. The quantitative estimate of drug-likeness (QED) is 0.811. The number of hydrogen-bond acceptors (Lipinski definition) is 4. The molecule has 6 nitrogen and oxygen atoms in total. The first kappa shape index (κ1) is 17.5. The zero-order chi connectivity index (χ0) is 17.8. The van der Waals surface area contributed by atoms with Gasteiger partial charge in [0.1, 0.15) is 5.82 Å². The van der Waals surface area contributed by atoms with E-state index in [1.165, 1.54) is 0 Å². The lowest BCUT2D eigenvalue weighted by molar-refractivity contribution is 0.0721. The van der Waals surface area contributed by atoms with E-state index < -0.39 is 0 Å². The SMILES string of the molecule is CCN(CC)c1ccc(C(=O)N2CCC[C@@H]2Cn2cc(C)cn2)cn1. The highest BCUT2D eigenvalue weighted by Crippen LogP contribution is 2.22. The van der Waals surface area contributed by atoms with Gasteiger partial charge in [-0.05, 0) is 51.3 Å². The molecule has 1 aliphatic heterocycles. The van der Waals surface area contributed by atoms with Gasteiger partial charge in [0, 0.05) is 32.0 Å². The maximum Gasteiger partial charge on any atom is 0.255 e. The Morgan fingerprint density at radius 1 is 1.28 bits per heavy atom. The van der Waals surface area contributed by atoms with Gasteiger partial charge in [-0.25, -0.2) is 4.98 Å². The number of likely N-dealkylation sites (tertiary alicyclic amines) is 1. The first-order chi connectivity index (χ1) is 12.1. The highest BCUT2D eigenvalue weighted by molar-refractivity contribution is 5.94. The Balaban J connectivity index is 1.70. The number of amides is 1. The molecule has 0 N–H and O–H groups in total. The van der Waals surface area contributed by atoms with Gasteiger partial charge in [-0.3, -0.25) is 9.48 Å². The number of hydrogen-bond donors (Lipinski definition) is 0. The molecule has 0 bridgehead atoms. The molecule has 0 spiro atoms. The molecule has 2 aromatic heterocycles.